The van der Waals surface area contributed by atoms with Crippen LogP contribution in [0.3, 0.4) is 0 Å². The molecule has 17 heavy (non-hydrogen) atoms. The van der Waals surface area contributed by atoms with Gasteiger partial charge in [0.2, 0.25) is 0 Å². The van der Waals surface area contributed by atoms with Crippen LogP contribution in [0, 0.1) is 6.92 Å². The second-order valence-electron chi connectivity index (χ2n) is 4.25. The van der Waals surface area contributed by atoms with Crippen LogP contribution in [0.15, 0.2) is 18.2 Å². The van der Waals surface area contributed by atoms with E-state index in [9.17, 15) is 9.90 Å². The Kier molecular flexibility index (Phi) is 4.29. The first-order valence-electron chi connectivity index (χ1n) is 5.90. The van der Waals surface area contributed by atoms with Crippen LogP contribution in [0.2, 0.25) is 0 Å². The molecule has 1 aromatic rings. The summed E-state index contributed by atoms with van der Waals surface area (Å²) in [5.74, 6) is 0.512. The molecule has 0 heterocycles. The highest BCUT2D eigenvalue weighted by atomic mass is 16.5. The third kappa shape index (κ3) is 2.67. The molecular weight excluding hydrogens is 216 g/mol. The Hall–Kier alpha value is -1.35. The molecule has 0 aliphatic rings. The van der Waals surface area contributed by atoms with Crippen LogP contribution in [0.1, 0.15) is 42.6 Å². The number of benzene rings is 1. The zero-order valence-electron chi connectivity index (χ0n) is 10.9. The SMILES string of the molecule is CCC(O)(CC)C(=O)c1ccc(OC)cc1C. The molecule has 0 aliphatic carbocycles. The number of ether oxygens (including phenoxy) is 1. The minimum Gasteiger partial charge on any atom is -0.497 e. The Morgan fingerprint density at radius 2 is 1.94 bits per heavy atom. The molecule has 0 unspecified atom stereocenters. The third-order valence-electron chi connectivity index (χ3n) is 3.27. The second kappa shape index (κ2) is 5.32. The summed E-state index contributed by atoms with van der Waals surface area (Å²) in [6.45, 7) is 5.49. The number of aliphatic hydroxyl groups is 1. The number of Topliss-reactive ketones (excluding diaryl/α,β-unsaturated/α-hetero) is 1. The predicted molar refractivity (Wildman–Crippen MR) is 67.6 cm³/mol. The molecule has 0 saturated carbocycles. The van der Waals surface area contributed by atoms with Gasteiger partial charge < -0.3 is 9.84 Å². The minimum atomic E-state index is -1.25. The van der Waals surface area contributed by atoms with Crippen molar-refractivity contribution in [3.05, 3.63) is 29.3 Å². The molecule has 0 aliphatic heterocycles. The molecule has 3 heteroatoms. The highest BCUT2D eigenvalue weighted by molar-refractivity contribution is 6.03. The fourth-order valence-corrected chi connectivity index (χ4v) is 1.84. The zero-order chi connectivity index (χ0) is 13.1. The summed E-state index contributed by atoms with van der Waals surface area (Å²) in [6, 6.07) is 5.26. The molecule has 0 amide bonds. The van der Waals surface area contributed by atoms with Crippen LogP contribution in [0.25, 0.3) is 0 Å². The molecular formula is C14H20O3. The van der Waals surface area contributed by atoms with Crippen molar-refractivity contribution in [2.45, 2.75) is 39.2 Å². The van der Waals surface area contributed by atoms with Gasteiger partial charge in [0.05, 0.1) is 7.11 Å². The van der Waals surface area contributed by atoms with E-state index in [1.165, 1.54) is 0 Å². The van der Waals surface area contributed by atoms with Gasteiger partial charge in [-0.3, -0.25) is 4.79 Å². The largest absolute Gasteiger partial charge is 0.497 e. The Labute approximate surface area is 102 Å². The molecule has 0 fully saturated rings. The molecule has 3 nitrogen and oxygen atoms in total. The molecule has 0 spiro atoms. The molecule has 94 valence electrons. The second-order valence-corrected chi connectivity index (χ2v) is 4.25. The van der Waals surface area contributed by atoms with Crippen LogP contribution in [-0.2, 0) is 0 Å². The van der Waals surface area contributed by atoms with Gasteiger partial charge in [-0.1, -0.05) is 13.8 Å². The van der Waals surface area contributed by atoms with Crippen molar-refractivity contribution in [3.63, 3.8) is 0 Å². The highest BCUT2D eigenvalue weighted by Gasteiger charge is 2.33. The first-order valence-corrected chi connectivity index (χ1v) is 5.90. The van der Waals surface area contributed by atoms with Gasteiger partial charge in [0.15, 0.2) is 5.78 Å². The standard InChI is InChI=1S/C14H20O3/c1-5-14(16,6-2)13(15)12-8-7-11(17-4)9-10(12)3/h7-9,16H,5-6H2,1-4H3. The summed E-state index contributed by atoms with van der Waals surface area (Å²) in [5, 5.41) is 10.2. The summed E-state index contributed by atoms with van der Waals surface area (Å²) in [4.78, 5) is 12.3. The Morgan fingerprint density at radius 3 is 2.35 bits per heavy atom. The molecule has 0 atom stereocenters. The normalized spacial score (nSPS) is 11.4. The fraction of sp³-hybridized carbons (Fsp3) is 0.500. The number of hydrogen-bond acceptors (Lipinski definition) is 3. The average Bonchev–Trinajstić information content (AvgIpc) is 2.36. The van der Waals surface area contributed by atoms with Gasteiger partial charge in [-0.2, -0.15) is 0 Å². The van der Waals surface area contributed by atoms with E-state index in [2.05, 4.69) is 0 Å². The lowest BCUT2D eigenvalue weighted by Crippen LogP contribution is -2.37. The van der Waals surface area contributed by atoms with E-state index in [4.69, 9.17) is 4.74 Å². The smallest absolute Gasteiger partial charge is 0.194 e. The van der Waals surface area contributed by atoms with Crippen LogP contribution >= 0.6 is 0 Å². The Balaban J connectivity index is 3.13. The zero-order valence-corrected chi connectivity index (χ0v) is 10.9. The number of methoxy groups -OCH3 is 1. The molecule has 0 radical (unpaired) electrons. The maximum absolute atomic E-state index is 12.3. The van der Waals surface area contributed by atoms with Gasteiger partial charge in [0.25, 0.3) is 0 Å². The lowest BCUT2D eigenvalue weighted by atomic mass is 9.86. The monoisotopic (exact) mass is 236 g/mol. The number of ketones is 1. The third-order valence-corrected chi connectivity index (χ3v) is 3.27. The topological polar surface area (TPSA) is 46.5 Å². The van der Waals surface area contributed by atoms with E-state index >= 15 is 0 Å². The van der Waals surface area contributed by atoms with Gasteiger partial charge >= 0.3 is 0 Å². The summed E-state index contributed by atoms with van der Waals surface area (Å²) in [5.41, 5.74) is 0.144. The molecule has 1 rings (SSSR count). The lowest BCUT2D eigenvalue weighted by Gasteiger charge is -2.24. The number of aryl methyl sites for hydroxylation is 1. The average molecular weight is 236 g/mol. The van der Waals surface area contributed by atoms with Crippen molar-refractivity contribution in [1.82, 2.24) is 0 Å². The van der Waals surface area contributed by atoms with Crippen molar-refractivity contribution in [1.29, 1.82) is 0 Å². The van der Waals surface area contributed by atoms with E-state index < -0.39 is 5.60 Å². The Bertz CT molecular complexity index is 406. The molecule has 1 aromatic carbocycles. The molecule has 1 N–H and O–H groups in total. The van der Waals surface area contributed by atoms with Crippen LogP contribution in [-0.4, -0.2) is 23.6 Å². The minimum absolute atomic E-state index is 0.206. The lowest BCUT2D eigenvalue weighted by molar-refractivity contribution is 0.0277. The molecule has 0 aromatic heterocycles. The van der Waals surface area contributed by atoms with Crippen LogP contribution in [0.5, 0.6) is 5.75 Å². The quantitative estimate of drug-likeness (QED) is 0.800. The van der Waals surface area contributed by atoms with Gasteiger partial charge in [-0.15, -0.1) is 0 Å². The van der Waals surface area contributed by atoms with Crippen molar-refractivity contribution in [2.24, 2.45) is 0 Å². The van der Waals surface area contributed by atoms with E-state index in [1.807, 2.05) is 20.8 Å². The Morgan fingerprint density at radius 1 is 1.35 bits per heavy atom. The van der Waals surface area contributed by atoms with Gasteiger partial charge in [0.1, 0.15) is 11.4 Å². The first-order chi connectivity index (χ1) is 7.98. The van der Waals surface area contributed by atoms with Gasteiger partial charge in [-0.25, -0.2) is 0 Å². The predicted octanol–water partition coefficient (Wildman–Crippen LogP) is 2.74. The molecule has 0 bridgehead atoms. The van der Waals surface area contributed by atoms with Gasteiger partial charge in [0, 0.05) is 5.56 Å². The first kappa shape index (κ1) is 13.7. The van der Waals surface area contributed by atoms with Gasteiger partial charge in [-0.05, 0) is 43.5 Å². The van der Waals surface area contributed by atoms with E-state index in [0.717, 1.165) is 11.3 Å². The van der Waals surface area contributed by atoms with E-state index in [1.54, 1.807) is 25.3 Å². The number of carbonyl (C=O) groups is 1. The van der Waals surface area contributed by atoms with E-state index in [-0.39, 0.29) is 5.78 Å². The van der Waals surface area contributed by atoms with Crippen molar-refractivity contribution in [2.75, 3.05) is 7.11 Å². The van der Waals surface area contributed by atoms with Crippen LogP contribution in [0.4, 0.5) is 0 Å². The summed E-state index contributed by atoms with van der Waals surface area (Å²) in [7, 11) is 1.59. The number of rotatable bonds is 5. The fourth-order valence-electron chi connectivity index (χ4n) is 1.84. The molecule has 0 saturated heterocycles. The maximum atomic E-state index is 12.3. The van der Waals surface area contributed by atoms with Crippen molar-refractivity contribution >= 4 is 5.78 Å². The maximum Gasteiger partial charge on any atom is 0.194 e. The highest BCUT2D eigenvalue weighted by Crippen LogP contribution is 2.25. The van der Waals surface area contributed by atoms with Crippen molar-refractivity contribution < 1.29 is 14.6 Å². The number of hydrogen-bond donors (Lipinski definition) is 1. The summed E-state index contributed by atoms with van der Waals surface area (Å²) in [6.07, 6.45) is 0.849. The van der Waals surface area contributed by atoms with E-state index in [0.29, 0.717) is 18.4 Å². The summed E-state index contributed by atoms with van der Waals surface area (Å²) < 4.78 is 5.09. The van der Waals surface area contributed by atoms with Crippen molar-refractivity contribution in [3.8, 4) is 5.75 Å². The van der Waals surface area contributed by atoms with Crippen LogP contribution < -0.4 is 4.74 Å². The summed E-state index contributed by atoms with van der Waals surface area (Å²) >= 11 is 0. The number of carbonyl (C=O) groups excluding carboxylic acids is 1.